The van der Waals surface area contributed by atoms with Crippen LogP contribution >= 0.6 is 0 Å². The van der Waals surface area contributed by atoms with E-state index in [1.807, 2.05) is 36.4 Å². The fourth-order valence-electron chi connectivity index (χ4n) is 4.11. The van der Waals surface area contributed by atoms with Gasteiger partial charge in [0, 0.05) is 12.0 Å². The van der Waals surface area contributed by atoms with Crippen molar-refractivity contribution in [1.29, 1.82) is 0 Å². The molecule has 0 saturated carbocycles. The van der Waals surface area contributed by atoms with Crippen LogP contribution in [0.25, 0.3) is 10.8 Å². The van der Waals surface area contributed by atoms with Gasteiger partial charge < -0.3 is 10.1 Å². The summed E-state index contributed by atoms with van der Waals surface area (Å²) in [6.45, 7) is 9.06. The largest absolute Gasteiger partial charge is 0.443 e. The van der Waals surface area contributed by atoms with Gasteiger partial charge in [0.15, 0.2) is 5.54 Å². The molecular formula is C27H26N2O4. The molecule has 6 nitrogen and oxygen atoms in total. The third-order valence-electron chi connectivity index (χ3n) is 5.53. The van der Waals surface area contributed by atoms with E-state index in [0.29, 0.717) is 11.3 Å². The Kier molecular flexibility index (Phi) is 5.54. The van der Waals surface area contributed by atoms with E-state index in [-0.39, 0.29) is 12.0 Å². The molecule has 6 heteroatoms. The van der Waals surface area contributed by atoms with E-state index in [0.717, 1.165) is 15.7 Å². The zero-order chi connectivity index (χ0) is 23.8. The summed E-state index contributed by atoms with van der Waals surface area (Å²) in [7, 11) is 0. The van der Waals surface area contributed by atoms with Crippen LogP contribution < -0.4 is 10.2 Å². The van der Waals surface area contributed by atoms with Crippen LogP contribution in [0.5, 0.6) is 0 Å². The highest BCUT2D eigenvalue weighted by Crippen LogP contribution is 2.40. The number of anilines is 1. The van der Waals surface area contributed by atoms with Crippen molar-refractivity contribution in [2.24, 2.45) is 0 Å². The van der Waals surface area contributed by atoms with Gasteiger partial charge in [-0.3, -0.25) is 9.59 Å². The van der Waals surface area contributed by atoms with Crippen molar-refractivity contribution in [2.45, 2.75) is 38.3 Å². The van der Waals surface area contributed by atoms with Crippen molar-refractivity contribution >= 4 is 34.4 Å². The molecule has 1 aliphatic rings. The highest BCUT2D eigenvalue weighted by Gasteiger charge is 2.52. The van der Waals surface area contributed by atoms with Crippen molar-refractivity contribution in [1.82, 2.24) is 5.32 Å². The zero-order valence-electron chi connectivity index (χ0n) is 18.9. The molecule has 1 aliphatic heterocycles. The molecule has 1 heterocycles. The Morgan fingerprint density at radius 3 is 2.24 bits per heavy atom. The number of hydrogen-bond acceptors (Lipinski definition) is 4. The summed E-state index contributed by atoms with van der Waals surface area (Å²) in [5.41, 5.74) is -1.11. The first-order valence-corrected chi connectivity index (χ1v) is 10.7. The third-order valence-corrected chi connectivity index (χ3v) is 5.53. The van der Waals surface area contributed by atoms with Gasteiger partial charge in [-0.2, -0.15) is 0 Å². The first-order chi connectivity index (χ1) is 15.6. The van der Waals surface area contributed by atoms with Crippen molar-refractivity contribution in [3.63, 3.8) is 0 Å². The molecule has 0 aliphatic carbocycles. The van der Waals surface area contributed by atoms with Crippen LogP contribution in [0.3, 0.4) is 0 Å². The summed E-state index contributed by atoms with van der Waals surface area (Å²) >= 11 is 0. The minimum Gasteiger partial charge on any atom is -0.443 e. The average Bonchev–Trinajstić information content (AvgIpc) is 3.08. The van der Waals surface area contributed by atoms with E-state index in [9.17, 15) is 14.4 Å². The molecule has 1 N–H and O–H groups in total. The van der Waals surface area contributed by atoms with Crippen LogP contribution in [0.1, 0.15) is 32.8 Å². The number of para-hydroxylation sites is 1. The summed E-state index contributed by atoms with van der Waals surface area (Å²) in [5, 5.41) is 4.58. The maximum absolute atomic E-state index is 14.3. The average molecular weight is 443 g/mol. The third kappa shape index (κ3) is 4.12. The fraction of sp³-hybridized carbons (Fsp3) is 0.222. The van der Waals surface area contributed by atoms with E-state index in [2.05, 4.69) is 11.9 Å². The van der Waals surface area contributed by atoms with Gasteiger partial charge >= 0.3 is 6.09 Å². The Bertz CT molecular complexity index is 1240. The molecule has 4 rings (SSSR count). The van der Waals surface area contributed by atoms with Crippen LogP contribution in [0.2, 0.25) is 0 Å². The number of benzene rings is 3. The molecule has 3 amide bonds. The summed E-state index contributed by atoms with van der Waals surface area (Å²) < 4.78 is 5.59. The van der Waals surface area contributed by atoms with E-state index in [1.165, 1.54) is 0 Å². The maximum atomic E-state index is 14.3. The van der Waals surface area contributed by atoms with Crippen LogP contribution in [-0.4, -0.2) is 23.5 Å². The van der Waals surface area contributed by atoms with Gasteiger partial charge in [-0.25, -0.2) is 9.69 Å². The normalized spacial score (nSPS) is 18.2. The van der Waals surface area contributed by atoms with Crippen LogP contribution in [0.4, 0.5) is 10.5 Å². The molecule has 1 unspecified atom stereocenters. The van der Waals surface area contributed by atoms with Crippen molar-refractivity contribution < 1.29 is 19.1 Å². The number of imide groups is 1. The SMILES string of the molecule is C=C1CC(C(=O)N(C(=O)OC(C)(C)C)c2ccccc2)(c2cccc3ccccc23)NC1=O. The van der Waals surface area contributed by atoms with Crippen LogP contribution in [0, 0.1) is 0 Å². The van der Waals surface area contributed by atoms with Crippen molar-refractivity contribution in [3.8, 4) is 0 Å². The molecule has 1 saturated heterocycles. The van der Waals surface area contributed by atoms with Gasteiger partial charge in [-0.15, -0.1) is 0 Å². The number of fused-ring (bicyclic) bond motifs is 1. The second-order valence-corrected chi connectivity index (χ2v) is 9.12. The lowest BCUT2D eigenvalue weighted by Gasteiger charge is -2.35. The second-order valence-electron chi connectivity index (χ2n) is 9.12. The molecular weight excluding hydrogens is 416 g/mol. The molecule has 0 radical (unpaired) electrons. The molecule has 0 spiro atoms. The highest BCUT2D eigenvalue weighted by molar-refractivity contribution is 6.19. The summed E-state index contributed by atoms with van der Waals surface area (Å²) in [6, 6.07) is 21.8. The van der Waals surface area contributed by atoms with Gasteiger partial charge in [0.05, 0.1) is 5.69 Å². The smallest absolute Gasteiger partial charge is 0.421 e. The molecule has 33 heavy (non-hydrogen) atoms. The Morgan fingerprint density at radius 1 is 0.970 bits per heavy atom. The van der Waals surface area contributed by atoms with Gasteiger partial charge in [0.1, 0.15) is 5.60 Å². The van der Waals surface area contributed by atoms with E-state index < -0.39 is 29.0 Å². The van der Waals surface area contributed by atoms with E-state index in [1.54, 1.807) is 57.2 Å². The number of rotatable bonds is 3. The van der Waals surface area contributed by atoms with Gasteiger partial charge in [0.25, 0.3) is 5.91 Å². The Labute approximate surface area is 192 Å². The van der Waals surface area contributed by atoms with Crippen LogP contribution in [0.15, 0.2) is 84.9 Å². The van der Waals surface area contributed by atoms with Gasteiger partial charge in [0.2, 0.25) is 5.91 Å². The number of nitrogens with one attached hydrogen (secondary N) is 1. The summed E-state index contributed by atoms with van der Waals surface area (Å²) in [4.78, 5) is 41.3. The highest BCUT2D eigenvalue weighted by atomic mass is 16.6. The Hall–Kier alpha value is -3.93. The number of carbonyl (C=O) groups is 3. The quantitative estimate of drug-likeness (QED) is 0.574. The van der Waals surface area contributed by atoms with E-state index >= 15 is 0 Å². The fourth-order valence-corrected chi connectivity index (χ4v) is 4.11. The molecule has 1 atom stereocenters. The molecule has 0 bridgehead atoms. The first kappa shape index (κ1) is 22.3. The number of nitrogens with zero attached hydrogens (tertiary/aromatic N) is 1. The molecule has 0 aromatic heterocycles. The first-order valence-electron chi connectivity index (χ1n) is 10.7. The van der Waals surface area contributed by atoms with Gasteiger partial charge in [-0.1, -0.05) is 67.2 Å². The lowest BCUT2D eigenvalue weighted by molar-refractivity contribution is -0.127. The topological polar surface area (TPSA) is 75.7 Å². The molecule has 3 aromatic carbocycles. The Morgan fingerprint density at radius 2 is 1.61 bits per heavy atom. The predicted octanol–water partition coefficient (Wildman–Crippen LogP) is 5.08. The molecule has 3 aromatic rings. The Balaban J connectivity index is 1.92. The maximum Gasteiger partial charge on any atom is 0.421 e. The standard InChI is InChI=1S/C27H26N2O4/c1-18-17-27(28-23(18)30,22-16-10-12-19-11-8-9-15-21(19)22)24(31)29(20-13-6-5-7-14-20)25(32)33-26(2,3)4/h5-16H,1,17H2,2-4H3,(H,28,30). The van der Waals surface area contributed by atoms with Crippen LogP contribution in [-0.2, 0) is 19.9 Å². The minimum absolute atomic E-state index is 0.0325. The molecule has 168 valence electrons. The van der Waals surface area contributed by atoms with Crippen molar-refractivity contribution in [3.05, 3.63) is 90.5 Å². The number of amides is 3. The van der Waals surface area contributed by atoms with Crippen molar-refractivity contribution in [2.75, 3.05) is 4.90 Å². The monoisotopic (exact) mass is 442 g/mol. The molecule has 1 fully saturated rings. The minimum atomic E-state index is -1.51. The van der Waals surface area contributed by atoms with Gasteiger partial charge in [-0.05, 0) is 49.2 Å². The number of carbonyl (C=O) groups excluding carboxylic acids is 3. The lowest BCUT2D eigenvalue weighted by atomic mass is 9.83. The second kappa shape index (κ2) is 8.20. The summed E-state index contributed by atoms with van der Waals surface area (Å²) in [6.07, 6.45) is -0.782. The summed E-state index contributed by atoms with van der Waals surface area (Å²) in [5.74, 6) is -1.03. The van der Waals surface area contributed by atoms with E-state index in [4.69, 9.17) is 4.74 Å². The zero-order valence-corrected chi connectivity index (χ0v) is 18.9. The predicted molar refractivity (Wildman–Crippen MR) is 128 cm³/mol. The number of ether oxygens (including phenoxy) is 1. The lowest BCUT2D eigenvalue weighted by Crippen LogP contribution is -2.56. The number of hydrogen-bond donors (Lipinski definition) is 1.